The standard InChI is InChI=1S/C23H26F2N8O/c1-14(2)33-7-8-34-21-17(24)9-15(10-19(21)33)20-18(25)13-29-23(30-20)31-22-27-11-16(12-28-22)32-5-3-26-4-6-32/h9-14,26H,3-8H2,1-2H3,(H,27,28,29,30,31). The van der Waals surface area contributed by atoms with Gasteiger partial charge in [0.1, 0.15) is 12.3 Å². The first-order chi connectivity index (χ1) is 16.5. The SMILES string of the molecule is CC(C)N1CCOc2c(F)cc(-c3nc(Nc4ncc(N5CCNCC5)cn4)ncc3F)cc21. The molecule has 3 aromatic rings. The lowest BCUT2D eigenvalue weighted by atomic mass is 10.1. The zero-order valence-electron chi connectivity index (χ0n) is 19.1. The van der Waals surface area contributed by atoms with E-state index in [0.717, 1.165) is 38.1 Å². The highest BCUT2D eigenvalue weighted by Gasteiger charge is 2.25. The first-order valence-corrected chi connectivity index (χ1v) is 11.3. The van der Waals surface area contributed by atoms with Gasteiger partial charge in [0.05, 0.1) is 36.5 Å². The van der Waals surface area contributed by atoms with Gasteiger partial charge in [-0.05, 0) is 26.0 Å². The van der Waals surface area contributed by atoms with E-state index in [-0.39, 0.29) is 29.4 Å². The van der Waals surface area contributed by atoms with E-state index in [0.29, 0.717) is 24.4 Å². The van der Waals surface area contributed by atoms with Crippen LogP contribution in [0.2, 0.25) is 0 Å². The van der Waals surface area contributed by atoms with Crippen molar-refractivity contribution in [2.75, 3.05) is 54.4 Å². The molecule has 2 aliphatic rings. The lowest BCUT2D eigenvalue weighted by Gasteiger charge is -2.34. The molecular weight excluding hydrogens is 442 g/mol. The molecule has 0 radical (unpaired) electrons. The van der Waals surface area contributed by atoms with Crippen molar-refractivity contribution in [1.82, 2.24) is 25.3 Å². The molecule has 34 heavy (non-hydrogen) atoms. The predicted molar refractivity (Wildman–Crippen MR) is 126 cm³/mol. The van der Waals surface area contributed by atoms with E-state index < -0.39 is 11.6 Å². The van der Waals surface area contributed by atoms with Crippen molar-refractivity contribution in [1.29, 1.82) is 0 Å². The predicted octanol–water partition coefficient (Wildman–Crippen LogP) is 2.97. The highest BCUT2D eigenvalue weighted by atomic mass is 19.1. The molecule has 1 aromatic carbocycles. The average Bonchev–Trinajstić information content (AvgIpc) is 2.86. The van der Waals surface area contributed by atoms with Crippen LogP contribution in [0.15, 0.2) is 30.7 Å². The van der Waals surface area contributed by atoms with Crippen LogP contribution in [0.3, 0.4) is 0 Å². The lowest BCUT2D eigenvalue weighted by molar-refractivity contribution is 0.287. The fraction of sp³-hybridized carbons (Fsp3) is 0.391. The van der Waals surface area contributed by atoms with Crippen LogP contribution in [0.5, 0.6) is 5.75 Å². The topological polar surface area (TPSA) is 91.3 Å². The molecule has 4 heterocycles. The first-order valence-electron chi connectivity index (χ1n) is 11.3. The monoisotopic (exact) mass is 468 g/mol. The zero-order chi connectivity index (χ0) is 23.7. The van der Waals surface area contributed by atoms with Crippen LogP contribution in [0.25, 0.3) is 11.3 Å². The summed E-state index contributed by atoms with van der Waals surface area (Å²) in [4.78, 5) is 21.2. The summed E-state index contributed by atoms with van der Waals surface area (Å²) in [7, 11) is 0. The minimum atomic E-state index is -0.660. The number of hydrogen-bond acceptors (Lipinski definition) is 9. The number of benzene rings is 1. The highest BCUT2D eigenvalue weighted by molar-refractivity contribution is 5.73. The summed E-state index contributed by atoms with van der Waals surface area (Å²) < 4.78 is 35.1. The number of rotatable bonds is 5. The van der Waals surface area contributed by atoms with Crippen LogP contribution in [0.4, 0.5) is 32.1 Å². The Morgan fingerprint density at radius 3 is 2.44 bits per heavy atom. The molecule has 1 saturated heterocycles. The number of fused-ring (bicyclic) bond motifs is 1. The van der Waals surface area contributed by atoms with Crippen LogP contribution in [0.1, 0.15) is 13.8 Å². The van der Waals surface area contributed by atoms with Gasteiger partial charge in [0, 0.05) is 37.8 Å². The molecule has 0 atom stereocenters. The van der Waals surface area contributed by atoms with Gasteiger partial charge in [0.25, 0.3) is 0 Å². The molecule has 2 aliphatic heterocycles. The van der Waals surface area contributed by atoms with Crippen molar-refractivity contribution in [3.05, 3.63) is 42.4 Å². The van der Waals surface area contributed by atoms with Crippen molar-refractivity contribution in [2.24, 2.45) is 0 Å². The molecule has 0 spiro atoms. The molecule has 1 fully saturated rings. The minimum absolute atomic E-state index is 0.0223. The van der Waals surface area contributed by atoms with Crippen molar-refractivity contribution in [3.8, 4) is 17.0 Å². The second-order valence-electron chi connectivity index (χ2n) is 8.46. The summed E-state index contributed by atoms with van der Waals surface area (Å²) in [6, 6.07) is 3.06. The highest BCUT2D eigenvalue weighted by Crippen LogP contribution is 2.39. The maximum absolute atomic E-state index is 14.9. The number of nitrogens with one attached hydrogen (secondary N) is 2. The van der Waals surface area contributed by atoms with Gasteiger partial charge in [-0.3, -0.25) is 5.32 Å². The van der Waals surface area contributed by atoms with E-state index in [1.54, 1.807) is 18.5 Å². The van der Waals surface area contributed by atoms with Crippen molar-refractivity contribution >= 4 is 23.3 Å². The molecule has 2 aromatic heterocycles. The summed E-state index contributed by atoms with van der Waals surface area (Å²) in [5.74, 6) is -0.645. The smallest absolute Gasteiger partial charge is 0.230 e. The van der Waals surface area contributed by atoms with E-state index in [1.807, 2.05) is 18.7 Å². The van der Waals surface area contributed by atoms with E-state index in [9.17, 15) is 8.78 Å². The van der Waals surface area contributed by atoms with Crippen LogP contribution in [-0.2, 0) is 0 Å². The van der Waals surface area contributed by atoms with E-state index >= 15 is 0 Å². The molecule has 2 N–H and O–H groups in total. The quantitative estimate of drug-likeness (QED) is 0.586. The van der Waals surface area contributed by atoms with Crippen molar-refractivity contribution in [2.45, 2.75) is 19.9 Å². The normalized spacial score (nSPS) is 15.8. The van der Waals surface area contributed by atoms with Gasteiger partial charge in [-0.2, -0.15) is 0 Å². The van der Waals surface area contributed by atoms with Gasteiger partial charge in [0.15, 0.2) is 17.4 Å². The molecule has 0 bridgehead atoms. The second-order valence-corrected chi connectivity index (χ2v) is 8.46. The first kappa shape index (κ1) is 22.2. The number of piperazine rings is 1. The molecule has 5 rings (SSSR count). The Hall–Kier alpha value is -3.60. The Morgan fingerprint density at radius 1 is 0.971 bits per heavy atom. The summed E-state index contributed by atoms with van der Waals surface area (Å²) in [5.41, 5.74) is 1.78. The third-order valence-corrected chi connectivity index (χ3v) is 5.90. The van der Waals surface area contributed by atoms with E-state index in [4.69, 9.17) is 4.74 Å². The maximum Gasteiger partial charge on any atom is 0.230 e. The lowest BCUT2D eigenvalue weighted by Crippen LogP contribution is -2.43. The van der Waals surface area contributed by atoms with Gasteiger partial charge in [-0.25, -0.2) is 28.7 Å². The molecule has 0 unspecified atom stereocenters. The fourth-order valence-electron chi connectivity index (χ4n) is 4.18. The van der Waals surface area contributed by atoms with Gasteiger partial charge >= 0.3 is 0 Å². The Kier molecular flexibility index (Phi) is 6.10. The van der Waals surface area contributed by atoms with Gasteiger partial charge in [0.2, 0.25) is 11.9 Å². The molecule has 0 amide bonds. The minimum Gasteiger partial charge on any atom is -0.486 e. The van der Waals surface area contributed by atoms with Crippen LogP contribution in [0, 0.1) is 11.6 Å². The molecular formula is C23H26F2N8O. The number of ether oxygens (including phenoxy) is 1. The van der Waals surface area contributed by atoms with Gasteiger partial charge in [-0.15, -0.1) is 0 Å². The molecule has 9 nitrogen and oxygen atoms in total. The Labute approximate surface area is 196 Å². The molecule has 178 valence electrons. The Bertz CT molecular complexity index is 1170. The van der Waals surface area contributed by atoms with Crippen LogP contribution >= 0.6 is 0 Å². The zero-order valence-corrected chi connectivity index (χ0v) is 19.1. The van der Waals surface area contributed by atoms with Gasteiger partial charge in [-0.1, -0.05) is 0 Å². The Balaban J connectivity index is 1.41. The maximum atomic E-state index is 14.9. The van der Waals surface area contributed by atoms with Crippen molar-refractivity contribution in [3.63, 3.8) is 0 Å². The number of aromatic nitrogens is 4. The number of halogens is 2. The fourth-order valence-corrected chi connectivity index (χ4v) is 4.18. The Morgan fingerprint density at radius 2 is 1.71 bits per heavy atom. The third-order valence-electron chi connectivity index (χ3n) is 5.90. The number of nitrogens with zero attached hydrogens (tertiary/aromatic N) is 6. The summed E-state index contributed by atoms with van der Waals surface area (Å²) in [5, 5.41) is 6.21. The third kappa shape index (κ3) is 4.43. The molecule has 0 saturated carbocycles. The van der Waals surface area contributed by atoms with Crippen LogP contribution in [-0.4, -0.2) is 65.3 Å². The van der Waals surface area contributed by atoms with E-state index in [2.05, 4.69) is 35.5 Å². The van der Waals surface area contributed by atoms with E-state index in [1.165, 1.54) is 6.07 Å². The second kappa shape index (κ2) is 9.34. The van der Waals surface area contributed by atoms with Gasteiger partial charge < -0.3 is 19.9 Å². The largest absolute Gasteiger partial charge is 0.486 e. The number of anilines is 4. The number of hydrogen-bond donors (Lipinski definition) is 2. The van der Waals surface area contributed by atoms with Crippen molar-refractivity contribution < 1.29 is 13.5 Å². The molecule has 0 aliphatic carbocycles. The van der Waals surface area contributed by atoms with Crippen LogP contribution < -0.4 is 25.2 Å². The molecule has 11 heteroatoms. The summed E-state index contributed by atoms with van der Waals surface area (Å²) in [6.45, 7) is 8.64. The summed E-state index contributed by atoms with van der Waals surface area (Å²) >= 11 is 0. The summed E-state index contributed by atoms with van der Waals surface area (Å²) in [6.07, 6.45) is 4.50. The average molecular weight is 469 g/mol.